The summed E-state index contributed by atoms with van der Waals surface area (Å²) in [7, 11) is 1.66. The number of ether oxygens (including phenoxy) is 1. The number of rotatable bonds is 3. The molecule has 0 unspecified atom stereocenters. The molecule has 1 aromatic carbocycles. The highest BCUT2D eigenvalue weighted by molar-refractivity contribution is 9.10. The van der Waals surface area contributed by atoms with Crippen molar-refractivity contribution in [3.63, 3.8) is 0 Å². The lowest BCUT2D eigenvalue weighted by Crippen LogP contribution is -1.82. The van der Waals surface area contributed by atoms with E-state index in [-0.39, 0.29) is 0 Å². The number of pyridine rings is 1. The second-order valence-electron chi connectivity index (χ2n) is 3.08. The third kappa shape index (κ3) is 3.00. The zero-order valence-corrected chi connectivity index (χ0v) is 11.1. The van der Waals surface area contributed by atoms with E-state index in [1.807, 2.05) is 42.5 Å². The molecule has 82 valence electrons. The molecule has 0 atom stereocenters. The van der Waals surface area contributed by atoms with Crippen molar-refractivity contribution in [2.45, 2.75) is 9.92 Å². The zero-order valence-electron chi connectivity index (χ0n) is 8.68. The number of hydrogen-bond donors (Lipinski definition) is 0. The molecule has 2 rings (SSSR count). The lowest BCUT2D eigenvalue weighted by molar-refractivity contribution is 0.414. The van der Waals surface area contributed by atoms with Crippen molar-refractivity contribution in [1.29, 1.82) is 0 Å². The van der Waals surface area contributed by atoms with Crippen molar-refractivity contribution in [2.24, 2.45) is 0 Å². The molecule has 1 heterocycles. The highest BCUT2D eigenvalue weighted by Gasteiger charge is 1.99. The SMILES string of the molecule is COc1ccc(Sc2cccc(Br)n2)cc1. The Bertz CT molecular complexity index is 473. The van der Waals surface area contributed by atoms with Crippen LogP contribution >= 0.6 is 27.7 Å². The molecular formula is C12H10BrNOS. The van der Waals surface area contributed by atoms with Crippen molar-refractivity contribution < 1.29 is 4.74 Å². The van der Waals surface area contributed by atoms with Crippen LogP contribution in [0.2, 0.25) is 0 Å². The maximum atomic E-state index is 5.11. The Morgan fingerprint density at radius 3 is 2.50 bits per heavy atom. The van der Waals surface area contributed by atoms with E-state index in [1.54, 1.807) is 18.9 Å². The smallest absolute Gasteiger partial charge is 0.118 e. The molecule has 2 nitrogen and oxygen atoms in total. The molecule has 0 aliphatic rings. The average molecular weight is 296 g/mol. The summed E-state index contributed by atoms with van der Waals surface area (Å²) in [6, 6.07) is 13.8. The minimum absolute atomic E-state index is 0.853. The van der Waals surface area contributed by atoms with Gasteiger partial charge in [0.25, 0.3) is 0 Å². The van der Waals surface area contributed by atoms with Gasteiger partial charge in [-0.25, -0.2) is 4.98 Å². The molecule has 0 saturated heterocycles. The van der Waals surface area contributed by atoms with Gasteiger partial charge in [0.1, 0.15) is 15.4 Å². The zero-order chi connectivity index (χ0) is 11.4. The second kappa shape index (κ2) is 5.37. The molecule has 0 bridgehead atoms. The molecule has 0 aliphatic heterocycles. The summed E-state index contributed by atoms with van der Waals surface area (Å²) in [6.45, 7) is 0. The maximum absolute atomic E-state index is 5.11. The predicted molar refractivity (Wildman–Crippen MR) is 69.1 cm³/mol. The van der Waals surface area contributed by atoms with Crippen LogP contribution in [-0.2, 0) is 0 Å². The van der Waals surface area contributed by atoms with Crippen molar-refractivity contribution in [1.82, 2.24) is 4.98 Å². The van der Waals surface area contributed by atoms with Gasteiger partial charge < -0.3 is 4.74 Å². The Balaban J connectivity index is 2.14. The number of aromatic nitrogens is 1. The van der Waals surface area contributed by atoms with Crippen LogP contribution in [-0.4, -0.2) is 12.1 Å². The third-order valence-electron chi connectivity index (χ3n) is 1.97. The Morgan fingerprint density at radius 1 is 1.12 bits per heavy atom. The standard InChI is InChI=1S/C12H10BrNOS/c1-15-9-5-7-10(8-6-9)16-12-4-2-3-11(13)14-12/h2-8H,1H3. The fourth-order valence-corrected chi connectivity index (χ4v) is 2.48. The number of halogens is 1. The molecule has 0 spiro atoms. The summed E-state index contributed by atoms with van der Waals surface area (Å²) in [5.74, 6) is 0.867. The quantitative estimate of drug-likeness (QED) is 0.799. The summed E-state index contributed by atoms with van der Waals surface area (Å²) in [4.78, 5) is 5.50. The van der Waals surface area contributed by atoms with Gasteiger partial charge in [-0.3, -0.25) is 0 Å². The van der Waals surface area contributed by atoms with Gasteiger partial charge in [0.15, 0.2) is 0 Å². The van der Waals surface area contributed by atoms with Crippen LogP contribution in [0.25, 0.3) is 0 Å². The van der Waals surface area contributed by atoms with E-state index in [0.717, 1.165) is 20.3 Å². The summed E-state index contributed by atoms with van der Waals surface area (Å²) >= 11 is 4.98. The van der Waals surface area contributed by atoms with Gasteiger partial charge in [-0.15, -0.1) is 0 Å². The summed E-state index contributed by atoms with van der Waals surface area (Å²) in [5.41, 5.74) is 0. The van der Waals surface area contributed by atoms with Crippen LogP contribution < -0.4 is 4.74 Å². The molecule has 0 radical (unpaired) electrons. The van der Waals surface area contributed by atoms with Gasteiger partial charge in [0.2, 0.25) is 0 Å². The van der Waals surface area contributed by atoms with Gasteiger partial charge in [0, 0.05) is 4.90 Å². The predicted octanol–water partition coefficient (Wildman–Crippen LogP) is 4.00. The van der Waals surface area contributed by atoms with E-state index in [4.69, 9.17) is 4.74 Å². The van der Waals surface area contributed by atoms with Gasteiger partial charge in [-0.2, -0.15) is 0 Å². The van der Waals surface area contributed by atoms with Gasteiger partial charge in [-0.1, -0.05) is 17.8 Å². The lowest BCUT2D eigenvalue weighted by atomic mass is 10.3. The minimum Gasteiger partial charge on any atom is -0.497 e. The maximum Gasteiger partial charge on any atom is 0.118 e. The minimum atomic E-state index is 0.853. The lowest BCUT2D eigenvalue weighted by Gasteiger charge is -2.03. The van der Waals surface area contributed by atoms with Crippen LogP contribution in [0.4, 0.5) is 0 Å². The van der Waals surface area contributed by atoms with Crippen molar-refractivity contribution >= 4 is 27.7 Å². The highest BCUT2D eigenvalue weighted by atomic mass is 79.9. The average Bonchev–Trinajstić information content (AvgIpc) is 2.30. The van der Waals surface area contributed by atoms with Crippen LogP contribution in [0.3, 0.4) is 0 Å². The van der Waals surface area contributed by atoms with Crippen LogP contribution in [0.1, 0.15) is 0 Å². The van der Waals surface area contributed by atoms with E-state index in [9.17, 15) is 0 Å². The molecule has 0 amide bonds. The first-order valence-corrected chi connectivity index (χ1v) is 6.33. The largest absolute Gasteiger partial charge is 0.497 e. The fourth-order valence-electron chi connectivity index (χ4n) is 1.21. The van der Waals surface area contributed by atoms with E-state index >= 15 is 0 Å². The van der Waals surface area contributed by atoms with Crippen LogP contribution in [0.15, 0.2) is 57.0 Å². The Labute approximate surface area is 107 Å². The summed E-state index contributed by atoms with van der Waals surface area (Å²) in [5, 5.41) is 0.972. The van der Waals surface area contributed by atoms with Crippen molar-refractivity contribution in [3.05, 3.63) is 47.1 Å². The normalized spacial score (nSPS) is 10.1. The first kappa shape index (κ1) is 11.5. The summed E-state index contributed by atoms with van der Waals surface area (Å²) in [6.07, 6.45) is 0. The number of hydrogen-bond acceptors (Lipinski definition) is 3. The Kier molecular flexibility index (Phi) is 3.85. The van der Waals surface area contributed by atoms with Gasteiger partial charge in [0.05, 0.1) is 7.11 Å². The monoisotopic (exact) mass is 295 g/mol. The molecule has 0 fully saturated rings. The first-order chi connectivity index (χ1) is 7.78. The number of nitrogens with zero attached hydrogens (tertiary/aromatic N) is 1. The molecular weight excluding hydrogens is 286 g/mol. The van der Waals surface area contributed by atoms with Crippen LogP contribution in [0.5, 0.6) is 5.75 Å². The van der Waals surface area contributed by atoms with E-state index in [2.05, 4.69) is 20.9 Å². The molecule has 2 aromatic rings. The Hall–Kier alpha value is -1.00. The molecule has 0 N–H and O–H groups in total. The van der Waals surface area contributed by atoms with E-state index < -0.39 is 0 Å². The second-order valence-corrected chi connectivity index (χ2v) is 4.98. The summed E-state index contributed by atoms with van der Waals surface area (Å²) < 4.78 is 5.96. The highest BCUT2D eigenvalue weighted by Crippen LogP contribution is 2.28. The third-order valence-corrected chi connectivity index (χ3v) is 3.36. The number of benzene rings is 1. The Morgan fingerprint density at radius 2 is 1.88 bits per heavy atom. The number of methoxy groups -OCH3 is 1. The van der Waals surface area contributed by atoms with Crippen molar-refractivity contribution in [3.8, 4) is 5.75 Å². The molecule has 0 aliphatic carbocycles. The van der Waals surface area contributed by atoms with E-state index in [1.165, 1.54) is 0 Å². The first-order valence-electron chi connectivity index (χ1n) is 4.72. The molecule has 0 saturated carbocycles. The molecule has 16 heavy (non-hydrogen) atoms. The van der Waals surface area contributed by atoms with Gasteiger partial charge >= 0.3 is 0 Å². The topological polar surface area (TPSA) is 22.1 Å². The van der Waals surface area contributed by atoms with Crippen molar-refractivity contribution in [2.75, 3.05) is 7.11 Å². The van der Waals surface area contributed by atoms with E-state index in [0.29, 0.717) is 0 Å². The molecule has 1 aromatic heterocycles. The van der Waals surface area contributed by atoms with Crippen LogP contribution in [0, 0.1) is 0 Å². The molecule has 4 heteroatoms. The van der Waals surface area contributed by atoms with Gasteiger partial charge in [-0.05, 0) is 52.3 Å². The fraction of sp³-hybridized carbons (Fsp3) is 0.0833.